The standard InChI is InChI=1S/C12H14Cl2N2O3/c1-19-9-5-3-2-4-8(9)12(15-10(17)6-13)16-11(18)7-14/h2-5,12H,6-7H2,1H3,(H,15,17)(H,16,18). The van der Waals surface area contributed by atoms with Gasteiger partial charge >= 0.3 is 0 Å². The molecule has 7 heteroatoms. The lowest BCUT2D eigenvalue weighted by molar-refractivity contribution is -0.122. The molecular formula is C12H14Cl2N2O3. The highest BCUT2D eigenvalue weighted by Gasteiger charge is 2.19. The van der Waals surface area contributed by atoms with Crippen molar-refractivity contribution < 1.29 is 14.3 Å². The molecule has 2 N–H and O–H groups in total. The molecule has 5 nitrogen and oxygen atoms in total. The first-order valence-corrected chi connectivity index (χ1v) is 6.52. The summed E-state index contributed by atoms with van der Waals surface area (Å²) in [5.74, 6) is -0.692. The quantitative estimate of drug-likeness (QED) is 0.617. The molecular weight excluding hydrogens is 291 g/mol. The summed E-state index contributed by atoms with van der Waals surface area (Å²) in [7, 11) is 1.50. The molecule has 104 valence electrons. The minimum atomic E-state index is -0.742. The summed E-state index contributed by atoms with van der Waals surface area (Å²) in [6, 6.07) is 7.01. The molecule has 0 saturated carbocycles. The van der Waals surface area contributed by atoms with Crippen LogP contribution in [0.4, 0.5) is 0 Å². The van der Waals surface area contributed by atoms with Gasteiger partial charge in [-0.25, -0.2) is 0 Å². The first kappa shape index (κ1) is 15.6. The molecule has 1 aromatic carbocycles. The number of nitrogens with one attached hydrogen (secondary N) is 2. The van der Waals surface area contributed by atoms with Gasteiger partial charge in [0.15, 0.2) is 0 Å². The fourth-order valence-corrected chi connectivity index (χ4v) is 1.65. The van der Waals surface area contributed by atoms with Gasteiger partial charge < -0.3 is 15.4 Å². The highest BCUT2D eigenvalue weighted by Crippen LogP contribution is 2.23. The van der Waals surface area contributed by atoms with Crippen LogP contribution in [0.25, 0.3) is 0 Å². The van der Waals surface area contributed by atoms with Crippen molar-refractivity contribution in [3.05, 3.63) is 29.8 Å². The largest absolute Gasteiger partial charge is 0.496 e. The van der Waals surface area contributed by atoms with E-state index in [0.717, 1.165) is 0 Å². The van der Waals surface area contributed by atoms with Crippen molar-refractivity contribution in [2.24, 2.45) is 0 Å². The summed E-state index contributed by atoms with van der Waals surface area (Å²) in [6.07, 6.45) is -0.742. The van der Waals surface area contributed by atoms with Crippen LogP contribution in [0.15, 0.2) is 24.3 Å². The van der Waals surface area contributed by atoms with E-state index in [2.05, 4.69) is 10.6 Å². The van der Waals surface area contributed by atoms with E-state index in [0.29, 0.717) is 11.3 Å². The molecule has 1 aromatic rings. The molecule has 0 aromatic heterocycles. The van der Waals surface area contributed by atoms with Crippen LogP contribution in [0.2, 0.25) is 0 Å². The Kier molecular flexibility index (Phi) is 6.45. The number of para-hydroxylation sites is 1. The van der Waals surface area contributed by atoms with E-state index >= 15 is 0 Å². The van der Waals surface area contributed by atoms with Crippen LogP contribution in [0, 0.1) is 0 Å². The fourth-order valence-electron chi connectivity index (χ4n) is 1.50. The number of benzene rings is 1. The topological polar surface area (TPSA) is 67.4 Å². The molecule has 2 amide bonds. The van der Waals surface area contributed by atoms with Crippen LogP contribution in [-0.4, -0.2) is 30.7 Å². The first-order valence-electron chi connectivity index (χ1n) is 5.46. The first-order chi connectivity index (χ1) is 9.12. The second kappa shape index (κ2) is 7.86. The number of methoxy groups -OCH3 is 1. The van der Waals surface area contributed by atoms with Gasteiger partial charge in [0.1, 0.15) is 23.7 Å². The Morgan fingerprint density at radius 3 is 2.16 bits per heavy atom. The van der Waals surface area contributed by atoms with Crippen molar-refractivity contribution in [2.75, 3.05) is 18.9 Å². The summed E-state index contributed by atoms with van der Waals surface area (Å²) in [5, 5.41) is 5.16. The number of amides is 2. The lowest BCUT2D eigenvalue weighted by atomic mass is 10.1. The van der Waals surface area contributed by atoms with Gasteiger partial charge in [-0.3, -0.25) is 9.59 Å². The molecule has 0 saturated heterocycles. The van der Waals surface area contributed by atoms with Crippen molar-refractivity contribution in [2.45, 2.75) is 6.17 Å². The van der Waals surface area contributed by atoms with Crippen LogP contribution in [0.5, 0.6) is 5.75 Å². The fraction of sp³-hybridized carbons (Fsp3) is 0.333. The van der Waals surface area contributed by atoms with Crippen molar-refractivity contribution in [1.29, 1.82) is 0 Å². The average molecular weight is 305 g/mol. The van der Waals surface area contributed by atoms with Crippen molar-refractivity contribution in [1.82, 2.24) is 10.6 Å². The summed E-state index contributed by atoms with van der Waals surface area (Å²) >= 11 is 10.9. The second-order valence-electron chi connectivity index (χ2n) is 3.58. The van der Waals surface area contributed by atoms with Crippen molar-refractivity contribution in [3.8, 4) is 5.75 Å². The van der Waals surface area contributed by atoms with Crippen LogP contribution in [-0.2, 0) is 9.59 Å². The number of rotatable bonds is 6. The van der Waals surface area contributed by atoms with E-state index in [1.807, 2.05) is 0 Å². The maximum Gasteiger partial charge on any atom is 0.236 e. The number of halogens is 2. The second-order valence-corrected chi connectivity index (χ2v) is 4.11. The minimum absolute atomic E-state index is 0.206. The maximum absolute atomic E-state index is 11.4. The Morgan fingerprint density at radius 2 is 1.68 bits per heavy atom. The van der Waals surface area contributed by atoms with E-state index in [1.165, 1.54) is 7.11 Å². The molecule has 0 radical (unpaired) electrons. The Labute approximate surface area is 121 Å². The molecule has 19 heavy (non-hydrogen) atoms. The summed E-state index contributed by atoms with van der Waals surface area (Å²) in [5.41, 5.74) is 0.613. The third kappa shape index (κ3) is 4.61. The lowest BCUT2D eigenvalue weighted by Gasteiger charge is -2.21. The van der Waals surface area contributed by atoms with Gasteiger partial charge in [0.25, 0.3) is 0 Å². The van der Waals surface area contributed by atoms with Crippen LogP contribution in [0.3, 0.4) is 0 Å². The molecule has 0 atom stereocenters. The smallest absolute Gasteiger partial charge is 0.236 e. The number of hydrogen-bond acceptors (Lipinski definition) is 3. The number of alkyl halides is 2. The SMILES string of the molecule is COc1ccccc1C(NC(=O)CCl)NC(=O)CCl. The van der Waals surface area contributed by atoms with Gasteiger partial charge in [0.05, 0.1) is 7.11 Å². The van der Waals surface area contributed by atoms with E-state index in [-0.39, 0.29) is 11.8 Å². The van der Waals surface area contributed by atoms with Crippen molar-refractivity contribution >= 4 is 35.0 Å². The Hall–Kier alpha value is -1.46. The van der Waals surface area contributed by atoms with E-state index < -0.39 is 18.0 Å². The van der Waals surface area contributed by atoms with E-state index in [9.17, 15) is 9.59 Å². The van der Waals surface area contributed by atoms with Crippen LogP contribution >= 0.6 is 23.2 Å². The number of hydrogen-bond donors (Lipinski definition) is 2. The predicted molar refractivity (Wildman–Crippen MR) is 73.5 cm³/mol. The molecule has 0 aliphatic carbocycles. The lowest BCUT2D eigenvalue weighted by Crippen LogP contribution is -2.42. The molecule has 0 heterocycles. The molecule has 1 rings (SSSR count). The van der Waals surface area contributed by atoms with E-state index in [4.69, 9.17) is 27.9 Å². The van der Waals surface area contributed by atoms with Crippen molar-refractivity contribution in [3.63, 3.8) is 0 Å². The zero-order valence-electron chi connectivity index (χ0n) is 10.3. The molecule has 0 unspecified atom stereocenters. The summed E-state index contributed by atoms with van der Waals surface area (Å²) < 4.78 is 5.19. The van der Waals surface area contributed by atoms with Crippen LogP contribution < -0.4 is 15.4 Å². The zero-order valence-corrected chi connectivity index (χ0v) is 11.8. The average Bonchev–Trinajstić information content (AvgIpc) is 2.46. The normalized spacial score (nSPS) is 10.1. The molecule has 0 spiro atoms. The number of ether oxygens (including phenoxy) is 1. The minimum Gasteiger partial charge on any atom is -0.496 e. The highest BCUT2D eigenvalue weighted by atomic mass is 35.5. The van der Waals surface area contributed by atoms with Crippen LogP contribution in [0.1, 0.15) is 11.7 Å². The highest BCUT2D eigenvalue weighted by molar-refractivity contribution is 6.27. The number of carbonyl (C=O) groups excluding carboxylic acids is 2. The van der Waals surface area contributed by atoms with Gasteiger partial charge in [-0.05, 0) is 6.07 Å². The van der Waals surface area contributed by atoms with Gasteiger partial charge in [0.2, 0.25) is 11.8 Å². The molecule has 0 fully saturated rings. The Bertz CT molecular complexity index is 436. The van der Waals surface area contributed by atoms with Gasteiger partial charge in [-0.2, -0.15) is 0 Å². The third-order valence-electron chi connectivity index (χ3n) is 2.30. The third-order valence-corrected chi connectivity index (χ3v) is 2.79. The van der Waals surface area contributed by atoms with Gasteiger partial charge in [-0.15, -0.1) is 23.2 Å². The molecule has 0 bridgehead atoms. The van der Waals surface area contributed by atoms with Gasteiger partial charge in [-0.1, -0.05) is 18.2 Å². The monoisotopic (exact) mass is 304 g/mol. The van der Waals surface area contributed by atoms with Gasteiger partial charge in [0, 0.05) is 5.56 Å². The Balaban J connectivity index is 3.00. The molecule has 0 aliphatic rings. The predicted octanol–water partition coefficient (Wildman–Crippen LogP) is 1.40. The maximum atomic E-state index is 11.4. The number of carbonyl (C=O) groups is 2. The zero-order chi connectivity index (χ0) is 14.3. The Morgan fingerprint density at radius 1 is 1.16 bits per heavy atom. The summed E-state index contributed by atoms with van der Waals surface area (Å²) in [4.78, 5) is 22.8. The van der Waals surface area contributed by atoms with E-state index in [1.54, 1.807) is 24.3 Å². The molecule has 0 aliphatic heterocycles. The summed E-state index contributed by atoms with van der Waals surface area (Å²) in [6.45, 7) is 0.